The number of carbonyl (C=O) groups is 1. The van der Waals surface area contributed by atoms with Crippen molar-refractivity contribution in [2.75, 3.05) is 0 Å². The van der Waals surface area contributed by atoms with Crippen LogP contribution < -0.4 is 5.43 Å². The number of amides is 1. The van der Waals surface area contributed by atoms with E-state index >= 15 is 0 Å². The highest BCUT2D eigenvalue weighted by atomic mass is 79.9. The van der Waals surface area contributed by atoms with E-state index in [1.165, 1.54) is 6.21 Å². The van der Waals surface area contributed by atoms with Crippen LogP contribution >= 0.6 is 15.9 Å². The number of phenolic OH excluding ortho intramolecular Hbond substituents is 1. The summed E-state index contributed by atoms with van der Waals surface area (Å²) in [6.45, 7) is 4.46. The zero-order valence-electron chi connectivity index (χ0n) is 13.5. The quantitative estimate of drug-likeness (QED) is 0.581. The summed E-state index contributed by atoms with van der Waals surface area (Å²) in [6, 6.07) is 12.1. The molecule has 2 aromatic carbocycles. The number of hydrogen-bond acceptors (Lipinski definition) is 4. The number of nitrogens with one attached hydrogen (secondary N) is 1. The Morgan fingerprint density at radius 2 is 2.00 bits per heavy atom. The van der Waals surface area contributed by atoms with Crippen LogP contribution in [-0.2, 0) is 11.3 Å². The molecule has 0 aliphatic carbocycles. The Hall–Kier alpha value is -2.18. The molecule has 2 rings (SSSR count). The standard InChI is InChI=1S/C18H19BrN2O3/c1-12(2)24-11-13-3-5-14(6-4-13)18(23)21-20-10-15-9-16(19)7-8-17(15)22/h3-10,12,22H,11H2,1-2H3,(H,21,23). The van der Waals surface area contributed by atoms with Crippen LogP contribution in [0.1, 0.15) is 35.3 Å². The monoisotopic (exact) mass is 390 g/mol. The van der Waals surface area contributed by atoms with Crippen LogP contribution in [0.3, 0.4) is 0 Å². The molecule has 0 aromatic heterocycles. The maximum Gasteiger partial charge on any atom is 0.271 e. The molecule has 0 spiro atoms. The first kappa shape index (κ1) is 18.2. The molecule has 0 radical (unpaired) electrons. The van der Waals surface area contributed by atoms with Crippen LogP contribution in [0.25, 0.3) is 0 Å². The maximum atomic E-state index is 12.0. The molecule has 0 aliphatic rings. The van der Waals surface area contributed by atoms with E-state index in [1.54, 1.807) is 30.3 Å². The average molecular weight is 391 g/mol. The lowest BCUT2D eigenvalue weighted by Gasteiger charge is -2.07. The van der Waals surface area contributed by atoms with Crippen LogP contribution in [0.2, 0.25) is 0 Å². The van der Waals surface area contributed by atoms with E-state index in [0.29, 0.717) is 17.7 Å². The lowest BCUT2D eigenvalue weighted by atomic mass is 10.1. The van der Waals surface area contributed by atoms with Gasteiger partial charge in [-0.2, -0.15) is 5.10 Å². The first-order chi connectivity index (χ1) is 11.5. The van der Waals surface area contributed by atoms with Gasteiger partial charge in [0.25, 0.3) is 5.91 Å². The maximum absolute atomic E-state index is 12.0. The third-order valence-corrected chi connectivity index (χ3v) is 3.65. The molecule has 0 bridgehead atoms. The van der Waals surface area contributed by atoms with E-state index in [4.69, 9.17) is 4.74 Å². The molecule has 1 amide bonds. The van der Waals surface area contributed by atoms with Crippen molar-refractivity contribution in [2.24, 2.45) is 5.10 Å². The number of hydrazone groups is 1. The number of phenols is 1. The third kappa shape index (κ3) is 5.47. The topological polar surface area (TPSA) is 70.9 Å². The Morgan fingerprint density at radius 3 is 2.67 bits per heavy atom. The molecule has 0 saturated carbocycles. The summed E-state index contributed by atoms with van der Waals surface area (Å²) in [6.07, 6.45) is 1.56. The Labute approximate surface area is 149 Å². The fourth-order valence-corrected chi connectivity index (χ4v) is 2.25. The summed E-state index contributed by atoms with van der Waals surface area (Å²) in [5.74, 6) is -0.234. The zero-order chi connectivity index (χ0) is 17.5. The molecular formula is C18H19BrN2O3. The van der Waals surface area contributed by atoms with Crippen LogP contribution in [0.5, 0.6) is 5.75 Å². The Kier molecular flexibility index (Phi) is 6.52. The Balaban J connectivity index is 1.94. The smallest absolute Gasteiger partial charge is 0.271 e. The number of hydrogen-bond donors (Lipinski definition) is 2. The van der Waals surface area contributed by atoms with Gasteiger partial charge in [0, 0.05) is 15.6 Å². The number of halogens is 1. The van der Waals surface area contributed by atoms with E-state index in [2.05, 4.69) is 26.5 Å². The highest BCUT2D eigenvalue weighted by Crippen LogP contribution is 2.19. The van der Waals surface area contributed by atoms with Crippen molar-refractivity contribution in [3.05, 3.63) is 63.6 Å². The number of nitrogens with zero attached hydrogens (tertiary/aromatic N) is 1. The lowest BCUT2D eigenvalue weighted by Crippen LogP contribution is -2.17. The average Bonchev–Trinajstić information content (AvgIpc) is 2.56. The summed E-state index contributed by atoms with van der Waals surface area (Å²) in [5.41, 5.74) is 4.44. The van der Waals surface area contributed by atoms with Crippen molar-refractivity contribution < 1.29 is 14.6 Å². The predicted molar refractivity (Wildman–Crippen MR) is 97.2 cm³/mol. The lowest BCUT2D eigenvalue weighted by molar-refractivity contribution is 0.0657. The number of ether oxygens (including phenoxy) is 1. The van der Waals surface area contributed by atoms with Gasteiger partial charge < -0.3 is 9.84 Å². The molecule has 24 heavy (non-hydrogen) atoms. The molecule has 0 unspecified atom stereocenters. The van der Waals surface area contributed by atoms with E-state index in [1.807, 2.05) is 26.0 Å². The second-order valence-electron chi connectivity index (χ2n) is 5.46. The molecule has 0 saturated heterocycles. The molecule has 5 nitrogen and oxygen atoms in total. The van der Waals surface area contributed by atoms with Gasteiger partial charge in [-0.15, -0.1) is 0 Å². The summed E-state index contributed by atoms with van der Waals surface area (Å²) in [4.78, 5) is 12.0. The fraction of sp³-hybridized carbons (Fsp3) is 0.222. The summed E-state index contributed by atoms with van der Waals surface area (Å²) in [5, 5.41) is 13.6. The van der Waals surface area contributed by atoms with E-state index in [9.17, 15) is 9.90 Å². The van der Waals surface area contributed by atoms with Gasteiger partial charge >= 0.3 is 0 Å². The number of benzene rings is 2. The summed E-state index contributed by atoms with van der Waals surface area (Å²) in [7, 11) is 0. The van der Waals surface area contributed by atoms with Crippen LogP contribution in [0.4, 0.5) is 0 Å². The summed E-state index contributed by atoms with van der Waals surface area (Å²) < 4.78 is 6.32. The van der Waals surface area contributed by atoms with Crippen LogP contribution in [0.15, 0.2) is 52.0 Å². The van der Waals surface area contributed by atoms with Crippen LogP contribution in [-0.4, -0.2) is 23.3 Å². The zero-order valence-corrected chi connectivity index (χ0v) is 15.1. The molecular weight excluding hydrogens is 372 g/mol. The minimum absolute atomic E-state index is 0.0886. The minimum Gasteiger partial charge on any atom is -0.507 e. The molecule has 0 fully saturated rings. The van der Waals surface area contributed by atoms with Gasteiger partial charge in [0.2, 0.25) is 0 Å². The van der Waals surface area contributed by atoms with Gasteiger partial charge in [0.05, 0.1) is 18.9 Å². The molecule has 0 atom stereocenters. The van der Waals surface area contributed by atoms with Gasteiger partial charge in [0.15, 0.2) is 0 Å². The fourth-order valence-electron chi connectivity index (χ4n) is 1.87. The predicted octanol–water partition coefficient (Wildman–Crippen LogP) is 3.84. The SMILES string of the molecule is CC(C)OCc1ccc(C(=O)NN=Cc2cc(Br)ccc2O)cc1. The van der Waals surface area contributed by atoms with Crippen molar-refractivity contribution in [2.45, 2.75) is 26.6 Å². The highest BCUT2D eigenvalue weighted by Gasteiger charge is 2.05. The van der Waals surface area contributed by atoms with Crippen molar-refractivity contribution in [3.8, 4) is 5.75 Å². The number of rotatable bonds is 6. The second kappa shape index (κ2) is 8.61. The Bertz CT molecular complexity index is 728. The second-order valence-corrected chi connectivity index (χ2v) is 6.37. The molecule has 2 aromatic rings. The number of aromatic hydroxyl groups is 1. The first-order valence-corrected chi connectivity index (χ1v) is 8.27. The van der Waals surface area contributed by atoms with Crippen molar-refractivity contribution in [3.63, 3.8) is 0 Å². The van der Waals surface area contributed by atoms with Crippen molar-refractivity contribution >= 4 is 28.1 Å². The molecule has 126 valence electrons. The molecule has 0 heterocycles. The van der Waals surface area contributed by atoms with Gasteiger partial charge in [-0.05, 0) is 49.7 Å². The van der Waals surface area contributed by atoms with E-state index < -0.39 is 0 Å². The van der Waals surface area contributed by atoms with E-state index in [-0.39, 0.29) is 17.8 Å². The van der Waals surface area contributed by atoms with Crippen LogP contribution in [0, 0.1) is 0 Å². The largest absolute Gasteiger partial charge is 0.507 e. The third-order valence-electron chi connectivity index (χ3n) is 3.16. The normalized spacial score (nSPS) is 11.2. The van der Waals surface area contributed by atoms with Gasteiger partial charge in [-0.25, -0.2) is 5.43 Å². The minimum atomic E-state index is -0.322. The van der Waals surface area contributed by atoms with E-state index in [0.717, 1.165) is 10.0 Å². The van der Waals surface area contributed by atoms with Crippen molar-refractivity contribution in [1.82, 2.24) is 5.43 Å². The number of carbonyl (C=O) groups excluding carboxylic acids is 1. The Morgan fingerprint density at radius 1 is 1.29 bits per heavy atom. The van der Waals surface area contributed by atoms with Crippen molar-refractivity contribution in [1.29, 1.82) is 0 Å². The van der Waals surface area contributed by atoms with Gasteiger partial charge in [0.1, 0.15) is 5.75 Å². The molecule has 6 heteroatoms. The highest BCUT2D eigenvalue weighted by molar-refractivity contribution is 9.10. The van der Waals surface area contributed by atoms with Gasteiger partial charge in [-0.3, -0.25) is 4.79 Å². The molecule has 2 N–H and O–H groups in total. The first-order valence-electron chi connectivity index (χ1n) is 7.48. The summed E-state index contributed by atoms with van der Waals surface area (Å²) >= 11 is 3.31. The molecule has 0 aliphatic heterocycles. The van der Waals surface area contributed by atoms with Gasteiger partial charge in [-0.1, -0.05) is 28.1 Å².